The van der Waals surface area contributed by atoms with E-state index in [1.54, 1.807) is 0 Å². The molecule has 182 valence electrons. The number of amides is 1. The van der Waals surface area contributed by atoms with Crippen LogP contribution in [-0.2, 0) is 30.6 Å². The molecule has 0 saturated carbocycles. The van der Waals surface area contributed by atoms with Crippen LogP contribution in [0.25, 0.3) is 0 Å². The van der Waals surface area contributed by atoms with Crippen LogP contribution < -0.4 is 10.6 Å². The van der Waals surface area contributed by atoms with Gasteiger partial charge >= 0.3 is 0 Å². The van der Waals surface area contributed by atoms with Crippen LogP contribution in [0.4, 0.5) is 8.78 Å². The number of carbonyl (C=O) groups is 1. The highest BCUT2D eigenvalue weighted by Gasteiger charge is 2.24. The Morgan fingerprint density at radius 3 is 2.44 bits per heavy atom. The SMILES string of the molecule is CCc1cccc(CNCC(O)C(Cc2cc(F)cc(F)c2)NC(=O)Cc2sc(O)nc2O)c1. The molecule has 0 aliphatic carbocycles. The second-order valence-corrected chi connectivity index (χ2v) is 9.01. The lowest BCUT2D eigenvalue weighted by molar-refractivity contribution is -0.122. The number of halogens is 2. The first-order chi connectivity index (χ1) is 16.2. The standard InChI is InChI=1S/C24H27F2N3O4S/c1-2-14-4-3-5-15(6-14)12-27-13-20(30)19(9-16-7-17(25)10-18(26)8-16)28-22(31)11-21-23(32)29-24(33)34-21/h3-8,10,19-20,27,30,32H,2,9,11-13H2,1H3,(H,28,31)(H,29,33). The van der Waals surface area contributed by atoms with Crippen molar-refractivity contribution in [2.24, 2.45) is 0 Å². The second-order valence-electron chi connectivity index (χ2n) is 7.95. The minimum Gasteiger partial charge on any atom is -0.492 e. The van der Waals surface area contributed by atoms with Crippen molar-refractivity contribution in [3.05, 3.63) is 75.7 Å². The number of aliphatic hydroxyl groups excluding tert-OH is 1. The summed E-state index contributed by atoms with van der Waals surface area (Å²) in [6.07, 6.45) is -0.466. The zero-order valence-corrected chi connectivity index (χ0v) is 19.4. The molecule has 1 amide bonds. The Labute approximate surface area is 200 Å². The predicted octanol–water partition coefficient (Wildman–Crippen LogP) is 2.82. The minimum atomic E-state index is -1.08. The van der Waals surface area contributed by atoms with Crippen molar-refractivity contribution in [3.8, 4) is 11.1 Å². The molecule has 2 atom stereocenters. The maximum atomic E-state index is 13.7. The molecule has 0 aliphatic rings. The maximum absolute atomic E-state index is 13.7. The van der Waals surface area contributed by atoms with Crippen LogP contribution in [0, 0.1) is 11.6 Å². The van der Waals surface area contributed by atoms with Crippen LogP contribution in [0.5, 0.6) is 11.1 Å². The van der Waals surface area contributed by atoms with Gasteiger partial charge in [-0.05, 0) is 41.7 Å². The lowest BCUT2D eigenvalue weighted by Crippen LogP contribution is -2.49. The molecule has 3 aromatic rings. The number of aromatic nitrogens is 1. The van der Waals surface area contributed by atoms with Gasteiger partial charge in [0, 0.05) is 19.2 Å². The highest BCUT2D eigenvalue weighted by molar-refractivity contribution is 7.13. The summed E-state index contributed by atoms with van der Waals surface area (Å²) in [5.74, 6) is -2.50. The van der Waals surface area contributed by atoms with E-state index < -0.39 is 35.6 Å². The van der Waals surface area contributed by atoms with Gasteiger partial charge in [-0.1, -0.05) is 42.5 Å². The summed E-state index contributed by atoms with van der Waals surface area (Å²) in [4.78, 5) is 16.2. The fourth-order valence-electron chi connectivity index (χ4n) is 3.58. The van der Waals surface area contributed by atoms with Gasteiger partial charge in [-0.15, -0.1) is 0 Å². The molecule has 2 unspecified atom stereocenters. The molecule has 34 heavy (non-hydrogen) atoms. The first kappa shape index (κ1) is 25.5. The number of hydrogen-bond donors (Lipinski definition) is 5. The molecular formula is C24H27F2N3O4S. The summed E-state index contributed by atoms with van der Waals surface area (Å²) in [5.41, 5.74) is 2.51. The molecule has 1 aromatic heterocycles. The fourth-order valence-corrected chi connectivity index (χ4v) is 4.28. The van der Waals surface area contributed by atoms with Crippen molar-refractivity contribution in [3.63, 3.8) is 0 Å². The lowest BCUT2D eigenvalue weighted by Gasteiger charge is -2.25. The van der Waals surface area contributed by atoms with Gasteiger partial charge in [0.2, 0.25) is 11.8 Å². The number of nitrogens with one attached hydrogen (secondary N) is 2. The van der Waals surface area contributed by atoms with Gasteiger partial charge in [-0.3, -0.25) is 4.79 Å². The van der Waals surface area contributed by atoms with Gasteiger partial charge in [0.15, 0.2) is 0 Å². The average molecular weight is 492 g/mol. The van der Waals surface area contributed by atoms with E-state index >= 15 is 0 Å². The number of aromatic hydroxyl groups is 2. The zero-order valence-electron chi connectivity index (χ0n) is 18.6. The molecule has 0 saturated heterocycles. The summed E-state index contributed by atoms with van der Waals surface area (Å²) in [5, 5.41) is 35.3. The third-order valence-electron chi connectivity index (χ3n) is 5.26. The number of hydrogen-bond acceptors (Lipinski definition) is 7. The summed E-state index contributed by atoms with van der Waals surface area (Å²) < 4.78 is 27.3. The quantitative estimate of drug-likeness (QED) is 0.282. The number of aryl methyl sites for hydroxylation is 1. The molecule has 1 heterocycles. The Hall–Kier alpha value is -3.08. The average Bonchev–Trinajstić information content (AvgIpc) is 3.09. The van der Waals surface area contributed by atoms with Crippen LogP contribution >= 0.6 is 11.3 Å². The van der Waals surface area contributed by atoms with Gasteiger partial charge in [0.05, 0.1) is 23.4 Å². The molecule has 7 nitrogen and oxygen atoms in total. The summed E-state index contributed by atoms with van der Waals surface area (Å²) in [7, 11) is 0. The summed E-state index contributed by atoms with van der Waals surface area (Å²) in [6.45, 7) is 2.67. The third kappa shape index (κ3) is 7.47. The maximum Gasteiger partial charge on any atom is 0.274 e. The van der Waals surface area contributed by atoms with E-state index in [1.165, 1.54) is 5.56 Å². The summed E-state index contributed by atoms with van der Waals surface area (Å²) in [6, 6.07) is 10.2. The van der Waals surface area contributed by atoms with Gasteiger partial charge in [0.25, 0.3) is 5.19 Å². The lowest BCUT2D eigenvalue weighted by atomic mass is 10.00. The van der Waals surface area contributed by atoms with E-state index in [9.17, 15) is 28.9 Å². The van der Waals surface area contributed by atoms with Gasteiger partial charge < -0.3 is 26.0 Å². The van der Waals surface area contributed by atoms with E-state index in [-0.39, 0.29) is 35.0 Å². The Morgan fingerprint density at radius 2 is 1.79 bits per heavy atom. The molecule has 2 aromatic carbocycles. The molecule has 0 radical (unpaired) electrons. The topological polar surface area (TPSA) is 115 Å². The minimum absolute atomic E-state index is 0.0193. The molecule has 0 aliphatic heterocycles. The van der Waals surface area contributed by atoms with Crippen LogP contribution in [-0.4, -0.2) is 44.9 Å². The van der Waals surface area contributed by atoms with E-state index in [0.29, 0.717) is 6.54 Å². The Morgan fingerprint density at radius 1 is 1.09 bits per heavy atom. The largest absolute Gasteiger partial charge is 0.492 e. The van der Waals surface area contributed by atoms with E-state index in [4.69, 9.17) is 0 Å². The Kier molecular flexibility index (Phi) is 8.91. The van der Waals surface area contributed by atoms with Crippen LogP contribution in [0.3, 0.4) is 0 Å². The van der Waals surface area contributed by atoms with Crippen molar-refractivity contribution >= 4 is 17.2 Å². The molecule has 5 N–H and O–H groups in total. The number of thiazole rings is 1. The number of aliphatic hydroxyl groups is 1. The van der Waals surface area contributed by atoms with Gasteiger partial charge in [-0.2, -0.15) is 4.98 Å². The summed E-state index contributed by atoms with van der Waals surface area (Å²) >= 11 is 0.760. The van der Waals surface area contributed by atoms with Crippen LogP contribution in [0.1, 0.15) is 28.5 Å². The van der Waals surface area contributed by atoms with E-state index in [2.05, 4.69) is 28.6 Å². The van der Waals surface area contributed by atoms with Crippen molar-refractivity contribution in [2.75, 3.05) is 6.54 Å². The normalized spacial score (nSPS) is 12.9. The van der Waals surface area contributed by atoms with Crippen LogP contribution in [0.2, 0.25) is 0 Å². The molecule has 0 fully saturated rings. The van der Waals surface area contributed by atoms with Gasteiger partial charge in [-0.25, -0.2) is 8.78 Å². The predicted molar refractivity (Wildman–Crippen MR) is 125 cm³/mol. The molecule has 3 rings (SSSR count). The monoisotopic (exact) mass is 491 g/mol. The smallest absolute Gasteiger partial charge is 0.274 e. The molecule has 10 heteroatoms. The van der Waals surface area contributed by atoms with Crippen molar-refractivity contribution < 1.29 is 28.9 Å². The first-order valence-electron chi connectivity index (χ1n) is 10.8. The molecule has 0 spiro atoms. The third-order valence-corrected chi connectivity index (χ3v) is 6.10. The zero-order chi connectivity index (χ0) is 24.7. The van der Waals surface area contributed by atoms with Crippen molar-refractivity contribution in [1.29, 1.82) is 0 Å². The molecule has 0 bridgehead atoms. The fraction of sp³-hybridized carbons (Fsp3) is 0.333. The number of carbonyl (C=O) groups excluding carboxylic acids is 1. The van der Waals surface area contributed by atoms with Crippen molar-refractivity contribution in [1.82, 2.24) is 15.6 Å². The van der Waals surface area contributed by atoms with Gasteiger partial charge in [0.1, 0.15) is 11.6 Å². The molecular weight excluding hydrogens is 464 g/mol. The Balaban J connectivity index is 1.67. The number of benzene rings is 2. The number of nitrogens with zero attached hydrogens (tertiary/aromatic N) is 1. The highest BCUT2D eigenvalue weighted by atomic mass is 32.1. The highest BCUT2D eigenvalue weighted by Crippen LogP contribution is 2.28. The van der Waals surface area contributed by atoms with Crippen molar-refractivity contribution in [2.45, 2.75) is 44.9 Å². The van der Waals surface area contributed by atoms with E-state index in [0.717, 1.165) is 41.5 Å². The van der Waals surface area contributed by atoms with E-state index in [1.807, 2.05) is 18.2 Å². The van der Waals surface area contributed by atoms with Crippen LogP contribution in [0.15, 0.2) is 42.5 Å². The Bertz CT molecular complexity index is 1110. The second kappa shape index (κ2) is 11.9. The first-order valence-corrected chi connectivity index (χ1v) is 11.6. The number of rotatable bonds is 11.